The third kappa shape index (κ3) is 5.48. The lowest BCUT2D eigenvalue weighted by molar-refractivity contribution is -0.174. The maximum Gasteiger partial charge on any atom is 0.411 e. The van der Waals surface area contributed by atoms with Crippen LogP contribution in [0.15, 0.2) is 16.6 Å². The van der Waals surface area contributed by atoms with Crippen molar-refractivity contribution in [2.45, 2.75) is 13.1 Å². The van der Waals surface area contributed by atoms with Crippen LogP contribution in [0.5, 0.6) is 0 Å². The summed E-state index contributed by atoms with van der Waals surface area (Å²) >= 11 is 3.23. The molecule has 1 aromatic rings. The molecule has 0 aromatic heterocycles. The number of amides is 1. The number of anilines is 2. The molecule has 0 saturated heterocycles. The Kier molecular flexibility index (Phi) is 5.19. The highest BCUT2D eigenvalue weighted by molar-refractivity contribution is 9.10. The highest BCUT2D eigenvalue weighted by Gasteiger charge is 2.27. The predicted molar refractivity (Wildman–Crippen MR) is 68.8 cm³/mol. The van der Waals surface area contributed by atoms with E-state index in [-0.39, 0.29) is 0 Å². The van der Waals surface area contributed by atoms with Crippen LogP contribution in [0.1, 0.15) is 5.56 Å². The normalized spacial score (nSPS) is 11.4. The van der Waals surface area contributed by atoms with Gasteiger partial charge in [-0.15, -0.1) is 0 Å². The Bertz CT molecular complexity index is 478. The second-order valence-corrected chi connectivity index (χ2v) is 4.76. The Morgan fingerprint density at radius 1 is 1.47 bits per heavy atom. The highest BCUT2D eigenvalue weighted by Crippen LogP contribution is 2.27. The molecule has 0 saturated carbocycles. The number of hydrogen-bond acceptors (Lipinski definition) is 3. The van der Waals surface area contributed by atoms with Gasteiger partial charge in [0.15, 0.2) is 0 Å². The second kappa shape index (κ2) is 6.25. The molecule has 0 spiro atoms. The zero-order valence-corrected chi connectivity index (χ0v) is 11.6. The summed E-state index contributed by atoms with van der Waals surface area (Å²) in [6.07, 6.45) is -4.45. The Morgan fingerprint density at radius 3 is 2.68 bits per heavy atom. The Morgan fingerprint density at radius 2 is 2.11 bits per heavy atom. The van der Waals surface area contributed by atoms with Crippen LogP contribution < -0.4 is 11.1 Å². The number of alkyl halides is 3. The molecule has 0 fully saturated rings. The number of nitrogens with one attached hydrogen (secondary N) is 1. The number of aryl methyl sites for hydroxylation is 1. The van der Waals surface area contributed by atoms with Crippen molar-refractivity contribution in [3.05, 3.63) is 22.2 Å². The van der Waals surface area contributed by atoms with Crippen molar-refractivity contribution < 1.29 is 22.7 Å². The summed E-state index contributed by atoms with van der Waals surface area (Å²) in [5.41, 5.74) is 7.16. The molecule has 1 rings (SSSR count). The lowest BCUT2D eigenvalue weighted by atomic mass is 10.2. The fourth-order valence-electron chi connectivity index (χ4n) is 1.30. The number of ether oxygens (including phenoxy) is 1. The van der Waals surface area contributed by atoms with Crippen LogP contribution in [0.25, 0.3) is 0 Å². The number of benzene rings is 1. The first-order chi connectivity index (χ1) is 8.69. The zero-order chi connectivity index (χ0) is 14.6. The van der Waals surface area contributed by atoms with Crippen LogP contribution in [-0.2, 0) is 9.53 Å². The predicted octanol–water partition coefficient (Wildman–Crippen LogP) is 2.86. The van der Waals surface area contributed by atoms with E-state index in [1.165, 1.54) is 0 Å². The zero-order valence-electron chi connectivity index (χ0n) is 9.97. The monoisotopic (exact) mass is 340 g/mol. The lowest BCUT2D eigenvalue weighted by Crippen LogP contribution is -2.24. The molecule has 0 unspecified atom stereocenters. The number of carbonyl (C=O) groups excluding carboxylic acids is 1. The van der Waals surface area contributed by atoms with Crippen molar-refractivity contribution in [1.29, 1.82) is 0 Å². The van der Waals surface area contributed by atoms with E-state index in [1.807, 2.05) is 0 Å². The van der Waals surface area contributed by atoms with E-state index in [0.717, 1.165) is 5.56 Å². The number of hydrogen-bond donors (Lipinski definition) is 2. The van der Waals surface area contributed by atoms with Crippen LogP contribution in [0, 0.1) is 6.92 Å². The van der Waals surface area contributed by atoms with Crippen molar-refractivity contribution in [2.24, 2.45) is 0 Å². The van der Waals surface area contributed by atoms with Gasteiger partial charge in [-0.25, -0.2) is 0 Å². The highest BCUT2D eigenvalue weighted by atomic mass is 79.9. The number of rotatable bonds is 4. The minimum absolute atomic E-state index is 0.326. The summed E-state index contributed by atoms with van der Waals surface area (Å²) in [6.45, 7) is -0.409. The van der Waals surface area contributed by atoms with E-state index in [9.17, 15) is 18.0 Å². The first kappa shape index (κ1) is 15.8. The van der Waals surface area contributed by atoms with Crippen molar-refractivity contribution >= 4 is 33.2 Å². The van der Waals surface area contributed by atoms with Gasteiger partial charge in [-0.1, -0.05) is 15.9 Å². The molecule has 1 aromatic carbocycles. The van der Waals surface area contributed by atoms with Crippen LogP contribution in [0.2, 0.25) is 0 Å². The van der Waals surface area contributed by atoms with Crippen molar-refractivity contribution in [3.8, 4) is 0 Å². The molecule has 0 aliphatic carbocycles. The third-order valence-electron chi connectivity index (χ3n) is 2.12. The minimum atomic E-state index is -4.45. The minimum Gasteiger partial charge on any atom is -0.397 e. The molecule has 4 nitrogen and oxygen atoms in total. The standard InChI is InChI=1S/C11H12BrF3N2O2/c1-6-2-7(12)3-8(10(6)16)17-9(18)4-19-5-11(13,14)15/h2-3H,4-5,16H2,1H3,(H,17,18). The molecule has 1 amide bonds. The maximum absolute atomic E-state index is 11.8. The second-order valence-electron chi connectivity index (χ2n) is 3.84. The van der Waals surface area contributed by atoms with Crippen molar-refractivity contribution in [2.75, 3.05) is 24.3 Å². The number of nitrogens with two attached hydrogens (primary N) is 1. The van der Waals surface area contributed by atoms with Gasteiger partial charge >= 0.3 is 6.18 Å². The number of carbonyl (C=O) groups is 1. The van der Waals surface area contributed by atoms with Crippen molar-refractivity contribution in [1.82, 2.24) is 0 Å². The molecule has 106 valence electrons. The number of halogens is 4. The first-order valence-electron chi connectivity index (χ1n) is 5.19. The van der Waals surface area contributed by atoms with Gasteiger partial charge in [0.2, 0.25) is 5.91 Å². The molecule has 8 heteroatoms. The smallest absolute Gasteiger partial charge is 0.397 e. The molecule has 0 atom stereocenters. The summed E-state index contributed by atoms with van der Waals surface area (Å²) in [5.74, 6) is -0.701. The summed E-state index contributed by atoms with van der Waals surface area (Å²) in [7, 11) is 0. The molecule has 3 N–H and O–H groups in total. The van der Waals surface area contributed by atoms with Crippen LogP contribution in [-0.4, -0.2) is 25.3 Å². The molecule has 19 heavy (non-hydrogen) atoms. The van der Waals surface area contributed by atoms with E-state index in [4.69, 9.17) is 5.73 Å². The van der Waals surface area contributed by atoms with E-state index < -0.39 is 25.3 Å². The summed E-state index contributed by atoms with van der Waals surface area (Å²) < 4.78 is 40.4. The van der Waals surface area contributed by atoms with Gasteiger partial charge in [-0.2, -0.15) is 13.2 Å². The Hall–Kier alpha value is -1.28. The molecule has 0 bridgehead atoms. The third-order valence-corrected chi connectivity index (χ3v) is 2.58. The van der Waals surface area contributed by atoms with Gasteiger partial charge in [-0.05, 0) is 24.6 Å². The van der Waals surface area contributed by atoms with E-state index >= 15 is 0 Å². The Labute approximate surface area is 116 Å². The average Bonchev–Trinajstić information content (AvgIpc) is 2.23. The van der Waals surface area contributed by atoms with Gasteiger partial charge in [-0.3, -0.25) is 4.79 Å². The summed E-state index contributed by atoms with van der Waals surface area (Å²) in [6, 6.07) is 3.31. The topological polar surface area (TPSA) is 64.3 Å². The summed E-state index contributed by atoms with van der Waals surface area (Å²) in [4.78, 5) is 11.4. The average molecular weight is 341 g/mol. The molecule has 0 aliphatic rings. The summed E-state index contributed by atoms with van der Waals surface area (Å²) in [5, 5.41) is 2.39. The van der Waals surface area contributed by atoms with E-state index in [2.05, 4.69) is 26.0 Å². The quantitative estimate of drug-likeness (QED) is 0.828. The fraction of sp³-hybridized carbons (Fsp3) is 0.364. The van der Waals surface area contributed by atoms with Gasteiger partial charge in [0.25, 0.3) is 0 Å². The largest absolute Gasteiger partial charge is 0.411 e. The Balaban J connectivity index is 2.58. The number of nitrogen functional groups attached to an aromatic ring is 1. The van der Waals surface area contributed by atoms with Gasteiger partial charge in [0, 0.05) is 4.47 Å². The van der Waals surface area contributed by atoms with Crippen molar-refractivity contribution in [3.63, 3.8) is 0 Å². The fourth-order valence-corrected chi connectivity index (χ4v) is 1.88. The van der Waals surface area contributed by atoms with Crippen LogP contribution in [0.3, 0.4) is 0 Å². The SMILES string of the molecule is Cc1cc(Br)cc(NC(=O)COCC(F)(F)F)c1N. The van der Waals surface area contributed by atoms with E-state index in [0.29, 0.717) is 15.8 Å². The lowest BCUT2D eigenvalue weighted by Gasteiger charge is -2.12. The van der Waals surface area contributed by atoms with Gasteiger partial charge in [0.1, 0.15) is 13.2 Å². The van der Waals surface area contributed by atoms with Crippen LogP contribution >= 0.6 is 15.9 Å². The molecular formula is C11H12BrF3N2O2. The maximum atomic E-state index is 11.8. The molecule has 0 aliphatic heterocycles. The van der Waals surface area contributed by atoms with Gasteiger partial charge in [0.05, 0.1) is 11.4 Å². The molecular weight excluding hydrogens is 329 g/mol. The molecule has 0 radical (unpaired) electrons. The van der Waals surface area contributed by atoms with Gasteiger partial charge < -0.3 is 15.8 Å². The van der Waals surface area contributed by atoms with Crippen LogP contribution in [0.4, 0.5) is 24.5 Å². The van der Waals surface area contributed by atoms with E-state index in [1.54, 1.807) is 19.1 Å². The molecule has 0 heterocycles. The first-order valence-corrected chi connectivity index (χ1v) is 5.98.